The van der Waals surface area contributed by atoms with Crippen LogP contribution in [0.2, 0.25) is 0 Å². The van der Waals surface area contributed by atoms with Gasteiger partial charge in [-0.05, 0) is 22.0 Å². The van der Waals surface area contributed by atoms with Crippen molar-refractivity contribution >= 4 is 15.9 Å². The zero-order chi connectivity index (χ0) is 4.41. The maximum atomic E-state index is 3.77. The second-order valence-electron chi connectivity index (χ2n) is 1.00. The lowest BCUT2D eigenvalue weighted by Gasteiger charge is -1.85. The second kappa shape index (κ2) is 1.62. The van der Waals surface area contributed by atoms with Crippen LogP contribution in [0.1, 0.15) is 0 Å². The normalized spacial score (nSPS) is 19.8. The first-order valence-electron chi connectivity index (χ1n) is 1.68. The smallest absolute Gasteiger partial charge is 0.0909 e. The molecule has 0 unspecified atom stereocenters. The van der Waals surface area contributed by atoms with E-state index in [1.165, 1.54) is 0 Å². The number of nitrogens with zero attached hydrogens (tertiary/aromatic N) is 1. The van der Waals surface area contributed by atoms with Crippen molar-refractivity contribution in [3.63, 3.8) is 0 Å². The minimum absolute atomic E-state index is 0.792. The standard InChI is InChI=1S/C3H4BrN2/c4-3-1-2-5-6-3/h1,6H,2H2. The van der Waals surface area contributed by atoms with Crippen molar-refractivity contribution in [2.45, 2.75) is 0 Å². The van der Waals surface area contributed by atoms with Gasteiger partial charge in [-0.3, -0.25) is 5.43 Å². The summed E-state index contributed by atoms with van der Waals surface area (Å²) in [7, 11) is 0. The Morgan fingerprint density at radius 1 is 2.00 bits per heavy atom. The molecule has 0 fully saturated rings. The Hall–Kier alpha value is -0.0200. The molecule has 0 aromatic carbocycles. The van der Waals surface area contributed by atoms with E-state index in [-0.39, 0.29) is 0 Å². The number of nitrogens with one attached hydrogen (secondary N) is 1. The summed E-state index contributed by atoms with van der Waals surface area (Å²) >= 11 is 3.19. The Bertz CT molecular complexity index is 78.9. The number of rotatable bonds is 0. The molecule has 0 atom stereocenters. The first kappa shape index (κ1) is 4.15. The fraction of sp³-hybridized carbons (Fsp3) is 0.333. The third-order valence-electron chi connectivity index (χ3n) is 0.548. The Kier molecular flexibility index (Phi) is 1.12. The fourth-order valence-corrected chi connectivity index (χ4v) is 0.563. The van der Waals surface area contributed by atoms with E-state index in [1.54, 1.807) is 0 Å². The molecule has 33 valence electrons. The van der Waals surface area contributed by atoms with Crippen molar-refractivity contribution in [3.05, 3.63) is 10.7 Å². The molecule has 0 spiro atoms. The molecule has 0 saturated heterocycles. The minimum atomic E-state index is 0.792. The van der Waals surface area contributed by atoms with Gasteiger partial charge in [-0.2, -0.15) is 0 Å². The zero-order valence-electron chi connectivity index (χ0n) is 3.11. The molecule has 1 radical (unpaired) electrons. The predicted octanol–water partition coefficient (Wildman–Crippen LogP) is 0.345. The summed E-state index contributed by atoms with van der Waals surface area (Å²) < 4.78 is 0.975. The Morgan fingerprint density at radius 3 is 3.00 bits per heavy atom. The lowest BCUT2D eigenvalue weighted by atomic mass is 10.7. The van der Waals surface area contributed by atoms with Crippen molar-refractivity contribution < 1.29 is 0 Å². The third-order valence-corrected chi connectivity index (χ3v) is 1.05. The highest BCUT2D eigenvalue weighted by Crippen LogP contribution is 2.00. The molecule has 6 heavy (non-hydrogen) atoms. The number of halogens is 1. The van der Waals surface area contributed by atoms with Crippen LogP contribution in [-0.2, 0) is 0 Å². The average molecular weight is 148 g/mol. The summed E-state index contributed by atoms with van der Waals surface area (Å²) in [4.78, 5) is 0. The van der Waals surface area contributed by atoms with Crippen LogP contribution in [0.5, 0.6) is 0 Å². The maximum absolute atomic E-state index is 3.77. The van der Waals surface area contributed by atoms with Crippen LogP contribution in [0.4, 0.5) is 0 Å². The summed E-state index contributed by atoms with van der Waals surface area (Å²) in [6.07, 6.45) is 1.96. The monoisotopic (exact) mass is 147 g/mol. The van der Waals surface area contributed by atoms with Crippen LogP contribution in [0.25, 0.3) is 0 Å². The van der Waals surface area contributed by atoms with Crippen molar-refractivity contribution in [2.24, 2.45) is 0 Å². The van der Waals surface area contributed by atoms with Crippen molar-refractivity contribution in [1.82, 2.24) is 10.9 Å². The van der Waals surface area contributed by atoms with Crippen LogP contribution in [0.15, 0.2) is 10.7 Å². The SMILES string of the molecule is BrC1=CC[N]N1. The lowest BCUT2D eigenvalue weighted by molar-refractivity contribution is 0.705. The number of hydrogen-bond donors (Lipinski definition) is 1. The van der Waals surface area contributed by atoms with Crippen LogP contribution in [0.3, 0.4) is 0 Å². The van der Waals surface area contributed by atoms with E-state index in [2.05, 4.69) is 26.8 Å². The van der Waals surface area contributed by atoms with Crippen LogP contribution in [0, 0.1) is 0 Å². The van der Waals surface area contributed by atoms with Gasteiger partial charge in [-0.15, -0.1) is 5.43 Å². The molecule has 0 aromatic rings. The van der Waals surface area contributed by atoms with E-state index >= 15 is 0 Å². The van der Waals surface area contributed by atoms with Gasteiger partial charge in [0.15, 0.2) is 0 Å². The molecule has 2 nitrogen and oxygen atoms in total. The van der Waals surface area contributed by atoms with E-state index in [4.69, 9.17) is 0 Å². The van der Waals surface area contributed by atoms with Gasteiger partial charge in [-0.1, -0.05) is 0 Å². The Morgan fingerprint density at radius 2 is 2.83 bits per heavy atom. The fourth-order valence-electron chi connectivity index (χ4n) is 0.293. The first-order valence-corrected chi connectivity index (χ1v) is 2.47. The summed E-state index contributed by atoms with van der Waals surface area (Å²) in [5.41, 5.74) is 6.50. The van der Waals surface area contributed by atoms with Gasteiger partial charge < -0.3 is 0 Å². The maximum Gasteiger partial charge on any atom is 0.0909 e. The zero-order valence-corrected chi connectivity index (χ0v) is 4.70. The van der Waals surface area contributed by atoms with Gasteiger partial charge in [0, 0.05) is 0 Å². The molecule has 0 bridgehead atoms. The Balaban J connectivity index is 2.45. The molecule has 0 amide bonds. The average Bonchev–Trinajstić information content (AvgIpc) is 1.86. The van der Waals surface area contributed by atoms with Crippen LogP contribution >= 0.6 is 15.9 Å². The van der Waals surface area contributed by atoms with Crippen molar-refractivity contribution in [2.75, 3.05) is 6.54 Å². The summed E-state index contributed by atoms with van der Waals surface area (Å²) in [6.45, 7) is 0.792. The first-order chi connectivity index (χ1) is 2.89. The molecule has 1 N–H and O–H groups in total. The minimum Gasteiger partial charge on any atom is -0.297 e. The van der Waals surface area contributed by atoms with Gasteiger partial charge in [-0.25, -0.2) is 0 Å². The molecular formula is C3H4BrN2. The predicted molar refractivity (Wildman–Crippen MR) is 27.1 cm³/mol. The molecule has 0 saturated carbocycles. The quantitative estimate of drug-likeness (QED) is 0.492. The highest BCUT2D eigenvalue weighted by atomic mass is 79.9. The molecule has 0 aromatic heterocycles. The van der Waals surface area contributed by atoms with Crippen molar-refractivity contribution in [1.29, 1.82) is 0 Å². The van der Waals surface area contributed by atoms with E-state index in [0.717, 1.165) is 11.2 Å². The highest BCUT2D eigenvalue weighted by molar-refractivity contribution is 9.11. The molecule has 3 heteroatoms. The van der Waals surface area contributed by atoms with Gasteiger partial charge in [0.1, 0.15) is 0 Å². The van der Waals surface area contributed by atoms with Gasteiger partial charge in [0.05, 0.1) is 11.2 Å². The summed E-state index contributed by atoms with van der Waals surface area (Å²) in [5.74, 6) is 0. The van der Waals surface area contributed by atoms with E-state index in [1.807, 2.05) is 6.08 Å². The largest absolute Gasteiger partial charge is 0.297 e. The van der Waals surface area contributed by atoms with E-state index in [0.29, 0.717) is 0 Å². The van der Waals surface area contributed by atoms with E-state index < -0.39 is 0 Å². The van der Waals surface area contributed by atoms with Crippen LogP contribution in [-0.4, -0.2) is 6.54 Å². The van der Waals surface area contributed by atoms with Gasteiger partial charge in [0.25, 0.3) is 0 Å². The molecule has 1 rings (SSSR count). The number of hydrogen-bond acceptors (Lipinski definition) is 1. The third kappa shape index (κ3) is 0.725. The summed E-state index contributed by atoms with van der Waals surface area (Å²) in [5, 5.41) is 0. The summed E-state index contributed by atoms with van der Waals surface area (Å²) in [6, 6.07) is 0. The van der Waals surface area contributed by atoms with Crippen molar-refractivity contribution in [3.8, 4) is 0 Å². The van der Waals surface area contributed by atoms with Crippen LogP contribution < -0.4 is 10.9 Å². The topological polar surface area (TPSA) is 26.1 Å². The Labute approximate surface area is 44.7 Å². The van der Waals surface area contributed by atoms with Gasteiger partial charge >= 0.3 is 0 Å². The molecule has 1 aliphatic rings. The second-order valence-corrected chi connectivity index (χ2v) is 1.86. The molecule has 0 aliphatic carbocycles. The van der Waals surface area contributed by atoms with E-state index in [9.17, 15) is 0 Å². The molecule has 1 aliphatic heterocycles. The lowest BCUT2D eigenvalue weighted by Crippen LogP contribution is -2.12. The highest BCUT2D eigenvalue weighted by Gasteiger charge is 1.94. The van der Waals surface area contributed by atoms with Gasteiger partial charge in [0.2, 0.25) is 0 Å². The molecule has 1 heterocycles. The molecular weight excluding hydrogens is 144 g/mol.